The van der Waals surface area contributed by atoms with Crippen LogP contribution in [0.15, 0.2) is 53.5 Å². The molecule has 1 heterocycles. The fourth-order valence-corrected chi connectivity index (χ4v) is 3.79. The number of rotatable bonds is 11. The van der Waals surface area contributed by atoms with Crippen molar-refractivity contribution in [1.82, 2.24) is 10.6 Å². The lowest BCUT2D eigenvalue weighted by molar-refractivity contribution is -0.139. The fraction of sp³-hybridized carbons (Fsp3) is 0.444. The minimum atomic E-state index is -1.07. The summed E-state index contributed by atoms with van der Waals surface area (Å²) in [4.78, 5) is 28.1. The zero-order chi connectivity index (χ0) is 24.9. The molecule has 1 atom stereocenters. The van der Waals surface area contributed by atoms with Crippen LogP contribution in [0.5, 0.6) is 5.75 Å². The molecule has 0 radical (unpaired) electrons. The number of aliphatic imine (C=N–C) groups is 1. The summed E-state index contributed by atoms with van der Waals surface area (Å²) in [5.41, 5.74) is 2.85. The lowest BCUT2D eigenvalue weighted by Gasteiger charge is -2.15. The number of benzene rings is 2. The van der Waals surface area contributed by atoms with Crippen molar-refractivity contribution in [3.8, 4) is 5.75 Å². The maximum absolute atomic E-state index is 11.9. The third-order valence-corrected chi connectivity index (χ3v) is 5.78. The minimum absolute atomic E-state index is 0.189. The summed E-state index contributed by atoms with van der Waals surface area (Å²) in [7, 11) is 0. The van der Waals surface area contributed by atoms with Gasteiger partial charge in [-0.1, -0.05) is 44.0 Å². The fourth-order valence-electron chi connectivity index (χ4n) is 3.79. The monoisotopic (exact) mass is 480 g/mol. The number of hydrogen-bond donors (Lipinski definition) is 4. The molecular formula is C27H36N4O4. The number of carbonyl (C=O) groups excluding carboxylic acids is 1. The number of aliphatic carboxylic acids is 1. The van der Waals surface area contributed by atoms with Gasteiger partial charge < -0.3 is 25.8 Å². The van der Waals surface area contributed by atoms with Crippen LogP contribution in [-0.2, 0) is 17.8 Å². The Morgan fingerprint density at radius 3 is 2.69 bits per heavy atom. The second-order valence-electron chi connectivity index (χ2n) is 8.75. The molecule has 1 unspecified atom stereocenters. The molecule has 8 heteroatoms. The third kappa shape index (κ3) is 9.31. The smallest absolute Gasteiger partial charge is 0.326 e. The van der Waals surface area contributed by atoms with Crippen LogP contribution in [0.1, 0.15) is 56.6 Å². The molecule has 1 aliphatic heterocycles. The Kier molecular flexibility index (Phi) is 10.4. The molecule has 3 rings (SSSR count). The molecule has 1 aliphatic rings. The van der Waals surface area contributed by atoms with Gasteiger partial charge in [-0.2, -0.15) is 0 Å². The number of unbranched alkanes of at least 4 members (excludes halogenated alkanes) is 1. The van der Waals surface area contributed by atoms with Crippen molar-refractivity contribution in [2.75, 3.05) is 18.4 Å². The molecule has 0 aliphatic carbocycles. The highest BCUT2D eigenvalue weighted by Crippen LogP contribution is 2.18. The Hall–Kier alpha value is -3.55. The molecule has 0 spiro atoms. The summed E-state index contributed by atoms with van der Waals surface area (Å²) >= 11 is 0. The van der Waals surface area contributed by atoms with Crippen molar-refractivity contribution in [3.63, 3.8) is 0 Å². The van der Waals surface area contributed by atoms with Crippen LogP contribution >= 0.6 is 0 Å². The highest BCUT2D eigenvalue weighted by Gasteiger charge is 2.20. The van der Waals surface area contributed by atoms with Gasteiger partial charge in [0, 0.05) is 31.6 Å². The summed E-state index contributed by atoms with van der Waals surface area (Å²) in [5.74, 6) is 0.667. The Morgan fingerprint density at radius 1 is 1.09 bits per heavy atom. The Morgan fingerprint density at radius 2 is 1.91 bits per heavy atom. The third-order valence-electron chi connectivity index (χ3n) is 5.78. The number of ether oxygens (including phenoxy) is 1. The number of nitrogens with one attached hydrogen (secondary N) is 3. The highest BCUT2D eigenvalue weighted by atomic mass is 16.5. The Bertz CT molecular complexity index is 991. The maximum Gasteiger partial charge on any atom is 0.326 e. The summed E-state index contributed by atoms with van der Waals surface area (Å²) in [6.07, 6.45) is 6.52. The van der Waals surface area contributed by atoms with Crippen LogP contribution in [0.4, 0.5) is 10.5 Å². The van der Waals surface area contributed by atoms with Crippen molar-refractivity contribution in [1.29, 1.82) is 0 Å². The van der Waals surface area contributed by atoms with Crippen LogP contribution in [0.3, 0.4) is 0 Å². The van der Waals surface area contributed by atoms with Crippen LogP contribution in [-0.4, -0.2) is 42.1 Å². The first-order valence-corrected chi connectivity index (χ1v) is 12.4. The van der Waals surface area contributed by atoms with E-state index < -0.39 is 18.0 Å². The lowest BCUT2D eigenvalue weighted by Crippen LogP contribution is -2.47. The number of carboxylic acid groups (broad SMARTS) is 1. The van der Waals surface area contributed by atoms with E-state index in [9.17, 15) is 14.7 Å². The SMILES string of the molecule is CCCCNC(=O)NC(Cc1ccc(OCc2cccc(NC3=NCCCCC3)c2)cc1)C(=O)O. The number of carbonyl (C=O) groups is 2. The molecule has 2 amide bonds. The molecule has 0 bridgehead atoms. The first-order valence-electron chi connectivity index (χ1n) is 12.4. The molecule has 188 valence electrons. The van der Waals surface area contributed by atoms with Gasteiger partial charge in [0.05, 0.1) is 0 Å². The van der Waals surface area contributed by atoms with Gasteiger partial charge in [0.15, 0.2) is 0 Å². The molecule has 2 aromatic carbocycles. The van der Waals surface area contributed by atoms with Gasteiger partial charge in [-0.05, 0) is 54.7 Å². The van der Waals surface area contributed by atoms with E-state index in [1.54, 1.807) is 0 Å². The number of nitrogens with zero attached hydrogens (tertiary/aromatic N) is 1. The van der Waals surface area contributed by atoms with Gasteiger partial charge in [0.25, 0.3) is 0 Å². The second-order valence-corrected chi connectivity index (χ2v) is 8.75. The number of carboxylic acids is 1. The van der Waals surface area contributed by atoms with Crippen molar-refractivity contribution in [3.05, 3.63) is 59.7 Å². The van der Waals surface area contributed by atoms with E-state index in [0.29, 0.717) is 18.9 Å². The van der Waals surface area contributed by atoms with E-state index >= 15 is 0 Å². The molecular weight excluding hydrogens is 444 g/mol. The molecule has 4 N–H and O–H groups in total. The zero-order valence-corrected chi connectivity index (χ0v) is 20.4. The van der Waals surface area contributed by atoms with Gasteiger partial charge in [0.1, 0.15) is 24.2 Å². The second kappa shape index (κ2) is 14.0. The molecule has 35 heavy (non-hydrogen) atoms. The topological polar surface area (TPSA) is 112 Å². The van der Waals surface area contributed by atoms with Crippen LogP contribution in [0.2, 0.25) is 0 Å². The van der Waals surface area contributed by atoms with Gasteiger partial charge in [-0.15, -0.1) is 0 Å². The summed E-state index contributed by atoms with van der Waals surface area (Å²) in [6.45, 7) is 3.85. The normalized spacial score (nSPS) is 14.3. The van der Waals surface area contributed by atoms with Gasteiger partial charge in [-0.25, -0.2) is 9.59 Å². The van der Waals surface area contributed by atoms with E-state index in [4.69, 9.17) is 4.74 Å². The molecule has 0 aromatic heterocycles. The summed E-state index contributed by atoms with van der Waals surface area (Å²) in [6, 6.07) is 13.9. The summed E-state index contributed by atoms with van der Waals surface area (Å²) < 4.78 is 5.93. The van der Waals surface area contributed by atoms with E-state index in [1.807, 2.05) is 49.4 Å². The first-order chi connectivity index (χ1) is 17.0. The van der Waals surface area contributed by atoms with Crippen LogP contribution in [0.25, 0.3) is 0 Å². The molecule has 0 saturated heterocycles. The number of hydrogen-bond acceptors (Lipinski definition) is 5. The standard InChI is InChI=1S/C27H36N4O4/c1-2-3-15-29-27(34)31-24(26(32)33)18-20-11-13-23(14-12-20)35-19-21-8-7-9-22(17-21)30-25-10-5-4-6-16-28-25/h7-9,11-14,17,24H,2-6,10,15-16,18-19H2,1H3,(H,28,30)(H,32,33)(H2,29,31,34). The molecule has 0 fully saturated rings. The van der Waals surface area contributed by atoms with Crippen LogP contribution < -0.4 is 20.7 Å². The predicted octanol–water partition coefficient (Wildman–Crippen LogP) is 4.75. The van der Waals surface area contributed by atoms with Gasteiger partial charge in [0.2, 0.25) is 0 Å². The average Bonchev–Trinajstić information content (AvgIpc) is 3.12. The van der Waals surface area contributed by atoms with E-state index in [2.05, 4.69) is 27.0 Å². The van der Waals surface area contributed by atoms with Crippen molar-refractivity contribution in [2.45, 2.75) is 64.5 Å². The van der Waals surface area contributed by atoms with Gasteiger partial charge >= 0.3 is 12.0 Å². The zero-order valence-electron chi connectivity index (χ0n) is 20.4. The quantitative estimate of drug-likeness (QED) is 0.347. The minimum Gasteiger partial charge on any atom is -0.489 e. The largest absolute Gasteiger partial charge is 0.489 e. The van der Waals surface area contributed by atoms with E-state index in [-0.39, 0.29) is 6.42 Å². The van der Waals surface area contributed by atoms with E-state index in [1.165, 1.54) is 12.8 Å². The number of amidine groups is 1. The maximum atomic E-state index is 11.9. The average molecular weight is 481 g/mol. The van der Waals surface area contributed by atoms with Crippen molar-refractivity contribution in [2.24, 2.45) is 4.99 Å². The van der Waals surface area contributed by atoms with Gasteiger partial charge in [-0.3, -0.25) is 4.99 Å². The van der Waals surface area contributed by atoms with Crippen molar-refractivity contribution >= 4 is 23.5 Å². The number of amides is 2. The van der Waals surface area contributed by atoms with E-state index in [0.717, 1.165) is 54.9 Å². The Labute approximate surface area is 207 Å². The molecule has 2 aromatic rings. The van der Waals surface area contributed by atoms with Crippen LogP contribution in [0, 0.1) is 0 Å². The molecule has 8 nitrogen and oxygen atoms in total. The predicted molar refractivity (Wildman–Crippen MR) is 138 cm³/mol. The summed E-state index contributed by atoms with van der Waals surface area (Å²) in [5, 5.41) is 18.1. The highest BCUT2D eigenvalue weighted by molar-refractivity contribution is 5.95. The number of anilines is 1. The van der Waals surface area contributed by atoms with Crippen molar-refractivity contribution < 1.29 is 19.4 Å². The number of urea groups is 1. The first kappa shape index (κ1) is 26.1. The Balaban J connectivity index is 1.50. The molecule has 0 saturated carbocycles. The lowest BCUT2D eigenvalue weighted by atomic mass is 10.1.